The summed E-state index contributed by atoms with van der Waals surface area (Å²) in [5.74, 6) is -0.541. The van der Waals surface area contributed by atoms with Gasteiger partial charge in [0.15, 0.2) is 5.40 Å². The molecule has 0 radical (unpaired) electrons. The van der Waals surface area contributed by atoms with Crippen LogP contribution in [0.15, 0.2) is 66.7 Å². The summed E-state index contributed by atoms with van der Waals surface area (Å²) in [4.78, 5) is 78.4. The van der Waals surface area contributed by atoms with Crippen LogP contribution in [0, 0.1) is 5.92 Å². The van der Waals surface area contributed by atoms with Gasteiger partial charge in [-0.1, -0.05) is 73.9 Å². The summed E-state index contributed by atoms with van der Waals surface area (Å²) >= 11 is 0. The molecule has 1 aliphatic carbocycles. The first-order valence-corrected chi connectivity index (χ1v) is 20.6. The highest BCUT2D eigenvalue weighted by atomic mass is 31.2. The summed E-state index contributed by atoms with van der Waals surface area (Å²) in [6, 6.07) is 15.5. The molecule has 1 fully saturated rings. The van der Waals surface area contributed by atoms with E-state index < -0.39 is 50.4 Å². The van der Waals surface area contributed by atoms with Crippen molar-refractivity contribution in [3.8, 4) is 11.5 Å². The Labute approximate surface area is 301 Å². The van der Waals surface area contributed by atoms with Gasteiger partial charge in [0.25, 0.3) is 5.91 Å². The van der Waals surface area contributed by atoms with Gasteiger partial charge in [-0.3, -0.25) is 23.5 Å². The van der Waals surface area contributed by atoms with Gasteiger partial charge in [0, 0.05) is 18.1 Å². The van der Waals surface area contributed by atoms with Gasteiger partial charge in [0.2, 0.25) is 11.8 Å². The fourth-order valence-corrected chi connectivity index (χ4v) is 9.47. The molecule has 3 aromatic rings. The van der Waals surface area contributed by atoms with E-state index in [0.29, 0.717) is 54.6 Å². The van der Waals surface area contributed by atoms with Crippen LogP contribution in [0.1, 0.15) is 89.0 Å². The van der Waals surface area contributed by atoms with E-state index in [1.165, 1.54) is 30.7 Å². The summed E-state index contributed by atoms with van der Waals surface area (Å²) < 4.78 is 36.0. The molecule has 14 nitrogen and oxygen atoms in total. The fourth-order valence-electron chi connectivity index (χ4n) is 6.78. The van der Waals surface area contributed by atoms with E-state index in [1.807, 2.05) is 6.07 Å². The number of benzene rings is 3. The largest absolute Gasteiger partial charge is 0.493 e. The molecular formula is C36H45N3O11P2. The monoisotopic (exact) mass is 757 g/mol. The molecule has 1 aliphatic heterocycles. The molecule has 2 aliphatic rings. The molecule has 16 heteroatoms. The first-order valence-electron chi connectivity index (χ1n) is 17.3. The normalized spacial score (nSPS) is 17.3. The predicted molar refractivity (Wildman–Crippen MR) is 192 cm³/mol. The number of nitrogens with one attached hydrogen (secondary N) is 2. The first-order chi connectivity index (χ1) is 24.7. The molecule has 1 saturated carbocycles. The summed E-state index contributed by atoms with van der Waals surface area (Å²) in [7, 11) is -10.5. The Morgan fingerprint density at radius 1 is 0.865 bits per heavy atom. The van der Waals surface area contributed by atoms with Gasteiger partial charge in [0.1, 0.15) is 17.5 Å². The van der Waals surface area contributed by atoms with Gasteiger partial charge in [-0.2, -0.15) is 0 Å². The zero-order valence-corrected chi connectivity index (χ0v) is 30.3. The van der Waals surface area contributed by atoms with Crippen LogP contribution in [0.5, 0.6) is 11.5 Å². The van der Waals surface area contributed by atoms with Crippen molar-refractivity contribution in [1.82, 2.24) is 10.6 Å². The maximum Gasteiger partial charge on any atom is 0.345 e. The maximum absolute atomic E-state index is 14.0. The highest BCUT2D eigenvalue weighted by molar-refractivity contribution is 7.70. The van der Waals surface area contributed by atoms with E-state index in [1.54, 1.807) is 36.4 Å². The van der Waals surface area contributed by atoms with Crippen LogP contribution in [0.3, 0.4) is 0 Å². The summed E-state index contributed by atoms with van der Waals surface area (Å²) in [6.07, 6.45) is 6.51. The molecule has 5 rings (SSSR count). The molecule has 2 unspecified atom stereocenters. The van der Waals surface area contributed by atoms with Gasteiger partial charge in [0.05, 0.1) is 31.2 Å². The molecule has 1 heterocycles. The topological polar surface area (TPSA) is 235 Å². The maximum atomic E-state index is 14.0. The minimum atomic E-state index is -5.24. The molecule has 8 N–H and O–H groups in total. The second kappa shape index (κ2) is 17.2. The number of hydrogen-bond acceptors (Lipinski definition) is 7. The van der Waals surface area contributed by atoms with Crippen molar-refractivity contribution in [3.63, 3.8) is 0 Å². The van der Waals surface area contributed by atoms with Gasteiger partial charge in [-0.15, -0.1) is 0 Å². The summed E-state index contributed by atoms with van der Waals surface area (Å²) in [5, 5.41) is 3.45. The highest BCUT2D eigenvalue weighted by Crippen LogP contribution is 2.69. The zero-order chi connectivity index (χ0) is 37.5. The number of carbonyl (C=O) groups excluding carboxylic acids is 3. The highest BCUT2D eigenvalue weighted by Gasteiger charge is 2.44. The lowest BCUT2D eigenvalue weighted by Gasteiger charge is -2.25. The third kappa shape index (κ3) is 10.5. The summed E-state index contributed by atoms with van der Waals surface area (Å²) in [6.45, 7) is 0.801. The molecular weight excluding hydrogens is 712 g/mol. The van der Waals surface area contributed by atoms with Crippen LogP contribution in [-0.4, -0.2) is 56.6 Å². The lowest BCUT2D eigenvalue weighted by atomic mass is 9.90. The van der Waals surface area contributed by atoms with Crippen LogP contribution < -0.4 is 25.8 Å². The Morgan fingerprint density at radius 3 is 2.17 bits per heavy atom. The number of hydrogen-bond donors (Lipinski definition) is 7. The number of primary amides is 1. The average molecular weight is 758 g/mol. The average Bonchev–Trinajstić information content (AvgIpc) is 3.28. The van der Waals surface area contributed by atoms with Crippen LogP contribution >= 0.6 is 15.2 Å². The number of amides is 3. The minimum Gasteiger partial charge on any atom is -0.493 e. The van der Waals surface area contributed by atoms with Crippen LogP contribution in [0.4, 0.5) is 0 Å². The van der Waals surface area contributed by atoms with Crippen molar-refractivity contribution in [2.45, 2.75) is 75.3 Å². The first kappa shape index (κ1) is 39.2. The van der Waals surface area contributed by atoms with Crippen LogP contribution in [-0.2, 0) is 31.6 Å². The molecule has 3 amide bonds. The fraction of sp³-hybridized carbons (Fsp3) is 0.417. The second-order valence-electron chi connectivity index (χ2n) is 13.4. The number of carbonyl (C=O) groups is 3. The zero-order valence-electron chi connectivity index (χ0n) is 28.6. The molecule has 0 aromatic heterocycles. The molecule has 280 valence electrons. The standard InChI is InChI=1S/C36H45N3O11P2/c37-34(41)28-20-27-29(12-7-17-49-31(27)21-32(28)50-22-25-10-5-2-6-11-25)39-35(42)30(38-33(40)19-23-8-3-1-4-9-23)18-24-13-15-26(16-14-24)36(51(43,44)45)52(46,47)48/h1,3-4,8-9,13-16,20-21,25,29-30,36H,2,5-7,10-12,17-19,22H2,(H2,37,41)(H,38,40)(H,39,42)(H2,43,44,45)(H2,46,47,48). The van der Waals surface area contributed by atoms with E-state index in [4.69, 9.17) is 15.2 Å². The lowest BCUT2D eigenvalue weighted by molar-refractivity contribution is -0.129. The van der Waals surface area contributed by atoms with Crippen molar-refractivity contribution >= 4 is 32.9 Å². The Balaban J connectivity index is 1.39. The Morgan fingerprint density at radius 2 is 1.54 bits per heavy atom. The van der Waals surface area contributed by atoms with E-state index in [9.17, 15) is 43.1 Å². The number of ether oxygens (including phenoxy) is 2. The Hall–Kier alpha value is -4.03. The Bertz CT molecular complexity index is 1800. The number of fused-ring (bicyclic) bond motifs is 1. The molecule has 3 aromatic carbocycles. The van der Waals surface area contributed by atoms with Gasteiger partial charge in [-0.05, 0) is 54.4 Å². The van der Waals surface area contributed by atoms with Gasteiger partial charge in [-0.25, -0.2) is 0 Å². The van der Waals surface area contributed by atoms with Gasteiger partial charge < -0.3 is 45.4 Å². The van der Waals surface area contributed by atoms with Crippen molar-refractivity contribution in [3.05, 3.63) is 94.5 Å². The van der Waals surface area contributed by atoms with E-state index in [0.717, 1.165) is 31.2 Å². The smallest absolute Gasteiger partial charge is 0.345 e. The SMILES string of the molecule is NC(=O)c1cc2c(cc1OCC1CCCCC1)OCCCC2NC(=O)C(Cc1ccc(C(P(=O)(O)O)P(=O)(O)O)cc1)NC(=O)Cc1ccccc1. The third-order valence-corrected chi connectivity index (χ3v) is 13.1. The predicted octanol–water partition coefficient (Wildman–Crippen LogP) is 4.40. The van der Waals surface area contributed by atoms with Crippen molar-refractivity contribution in [2.24, 2.45) is 11.7 Å². The number of rotatable bonds is 14. The van der Waals surface area contributed by atoms with E-state index in [-0.39, 0.29) is 24.0 Å². The minimum absolute atomic E-state index is 0.0124. The quantitative estimate of drug-likeness (QED) is 0.114. The van der Waals surface area contributed by atoms with Crippen molar-refractivity contribution in [2.75, 3.05) is 13.2 Å². The number of nitrogens with two attached hydrogens (primary N) is 1. The van der Waals surface area contributed by atoms with E-state index in [2.05, 4.69) is 10.6 Å². The van der Waals surface area contributed by atoms with Crippen molar-refractivity contribution < 1.29 is 52.6 Å². The van der Waals surface area contributed by atoms with Gasteiger partial charge >= 0.3 is 15.2 Å². The Kier molecular flexibility index (Phi) is 13.0. The molecule has 52 heavy (non-hydrogen) atoms. The van der Waals surface area contributed by atoms with E-state index >= 15 is 0 Å². The summed E-state index contributed by atoms with van der Waals surface area (Å²) in [5.41, 5.74) is 7.37. The second-order valence-corrected chi connectivity index (χ2v) is 17.2. The molecule has 2 atom stereocenters. The van der Waals surface area contributed by atoms with Crippen molar-refractivity contribution in [1.29, 1.82) is 0 Å². The third-order valence-electron chi connectivity index (χ3n) is 9.38. The molecule has 0 saturated heterocycles. The molecule has 0 spiro atoms. The van der Waals surface area contributed by atoms with Crippen LogP contribution in [0.2, 0.25) is 0 Å². The van der Waals surface area contributed by atoms with Crippen LogP contribution in [0.25, 0.3) is 0 Å². The lowest BCUT2D eigenvalue weighted by Crippen LogP contribution is -2.49. The molecule has 0 bridgehead atoms.